The molecule has 1 N–H and O–H groups in total. The molecule has 0 amide bonds. The van der Waals surface area contributed by atoms with Crippen LogP contribution in [0.2, 0.25) is 0 Å². The summed E-state index contributed by atoms with van der Waals surface area (Å²) < 4.78 is 50.5. The van der Waals surface area contributed by atoms with E-state index in [0.717, 1.165) is 6.92 Å². The highest BCUT2D eigenvalue weighted by atomic mass is 19.4. The molecule has 0 aliphatic heterocycles. The smallest absolute Gasteiger partial charge is 0.416 e. The van der Waals surface area contributed by atoms with Gasteiger partial charge in [0.15, 0.2) is 0 Å². The lowest BCUT2D eigenvalue weighted by Crippen LogP contribution is -2.14. The maximum Gasteiger partial charge on any atom is 0.416 e. The second kappa shape index (κ2) is 4.11. The number of alkyl halides is 3. The van der Waals surface area contributed by atoms with Crippen LogP contribution in [0.4, 0.5) is 17.6 Å². The van der Waals surface area contributed by atoms with Crippen LogP contribution in [0.1, 0.15) is 16.7 Å². The van der Waals surface area contributed by atoms with Gasteiger partial charge in [0.25, 0.3) is 0 Å². The minimum Gasteiger partial charge on any atom is -0.481 e. The standard InChI is InChI=1S/C10H8F4O2/c1-5-6(4-9(15)16)7(10(12,13)14)2-3-8(5)11/h2-3H,4H2,1H3,(H,15,16). The zero-order valence-corrected chi connectivity index (χ0v) is 8.23. The van der Waals surface area contributed by atoms with Crippen molar-refractivity contribution < 1.29 is 27.5 Å². The topological polar surface area (TPSA) is 37.3 Å². The number of halogens is 4. The number of aliphatic carboxylic acids is 1. The first-order valence-corrected chi connectivity index (χ1v) is 4.30. The van der Waals surface area contributed by atoms with Gasteiger partial charge in [0.1, 0.15) is 5.82 Å². The predicted molar refractivity (Wildman–Crippen MR) is 47.5 cm³/mol. The van der Waals surface area contributed by atoms with Crippen LogP contribution >= 0.6 is 0 Å². The van der Waals surface area contributed by atoms with Crippen molar-refractivity contribution in [2.24, 2.45) is 0 Å². The highest BCUT2D eigenvalue weighted by Crippen LogP contribution is 2.34. The highest BCUT2D eigenvalue weighted by Gasteiger charge is 2.34. The Morgan fingerprint density at radius 2 is 1.94 bits per heavy atom. The monoisotopic (exact) mass is 236 g/mol. The maximum absolute atomic E-state index is 13.0. The fraction of sp³-hybridized carbons (Fsp3) is 0.300. The molecule has 2 nitrogen and oxygen atoms in total. The number of benzene rings is 1. The maximum atomic E-state index is 13.0. The number of hydrogen-bond donors (Lipinski definition) is 1. The first-order valence-electron chi connectivity index (χ1n) is 4.30. The molecule has 0 aliphatic carbocycles. The lowest BCUT2D eigenvalue weighted by atomic mass is 9.98. The second-order valence-electron chi connectivity index (χ2n) is 3.27. The third-order valence-corrected chi connectivity index (χ3v) is 2.17. The van der Waals surface area contributed by atoms with Gasteiger partial charge in [-0.05, 0) is 30.2 Å². The van der Waals surface area contributed by atoms with Gasteiger partial charge in [-0.1, -0.05) is 0 Å². The van der Waals surface area contributed by atoms with E-state index in [9.17, 15) is 22.4 Å². The van der Waals surface area contributed by atoms with Crippen molar-refractivity contribution in [2.45, 2.75) is 19.5 Å². The van der Waals surface area contributed by atoms with Gasteiger partial charge in [-0.25, -0.2) is 4.39 Å². The molecule has 0 spiro atoms. The van der Waals surface area contributed by atoms with Crippen LogP contribution in [-0.4, -0.2) is 11.1 Å². The van der Waals surface area contributed by atoms with E-state index in [4.69, 9.17) is 5.11 Å². The van der Waals surface area contributed by atoms with Crippen LogP contribution < -0.4 is 0 Å². The molecule has 0 unspecified atom stereocenters. The van der Waals surface area contributed by atoms with Crippen molar-refractivity contribution in [1.82, 2.24) is 0 Å². The Kier molecular flexibility index (Phi) is 3.21. The van der Waals surface area contributed by atoms with E-state index >= 15 is 0 Å². The van der Waals surface area contributed by atoms with Gasteiger partial charge in [0, 0.05) is 0 Å². The quantitative estimate of drug-likeness (QED) is 0.801. The van der Waals surface area contributed by atoms with Crippen molar-refractivity contribution in [1.29, 1.82) is 0 Å². The van der Waals surface area contributed by atoms with E-state index in [1.165, 1.54) is 0 Å². The zero-order chi connectivity index (χ0) is 12.5. The average Bonchev–Trinajstić information content (AvgIpc) is 2.10. The lowest BCUT2D eigenvalue weighted by molar-refractivity contribution is -0.139. The highest BCUT2D eigenvalue weighted by molar-refractivity contribution is 5.71. The minimum atomic E-state index is -4.68. The molecule has 88 valence electrons. The Morgan fingerprint density at radius 3 is 2.38 bits per heavy atom. The Balaban J connectivity index is 3.39. The largest absolute Gasteiger partial charge is 0.481 e. The molecule has 1 rings (SSSR count). The summed E-state index contributed by atoms with van der Waals surface area (Å²) in [6, 6.07) is 1.24. The molecule has 0 aromatic heterocycles. The molecule has 16 heavy (non-hydrogen) atoms. The van der Waals surface area contributed by atoms with E-state index < -0.39 is 35.5 Å². The lowest BCUT2D eigenvalue weighted by Gasteiger charge is -2.14. The molecule has 1 aromatic carbocycles. The summed E-state index contributed by atoms with van der Waals surface area (Å²) in [6.07, 6.45) is -5.53. The summed E-state index contributed by atoms with van der Waals surface area (Å²) in [5.41, 5.74) is -1.91. The number of carbonyl (C=O) groups is 1. The number of carboxylic acids is 1. The molecular formula is C10H8F4O2. The summed E-state index contributed by atoms with van der Waals surface area (Å²) in [5, 5.41) is 8.48. The van der Waals surface area contributed by atoms with Gasteiger partial charge in [-0.3, -0.25) is 4.79 Å². The van der Waals surface area contributed by atoms with Gasteiger partial charge in [-0.15, -0.1) is 0 Å². The summed E-state index contributed by atoms with van der Waals surface area (Å²) >= 11 is 0. The number of hydrogen-bond acceptors (Lipinski definition) is 1. The Bertz CT molecular complexity index is 424. The summed E-state index contributed by atoms with van der Waals surface area (Å²) in [7, 11) is 0. The predicted octanol–water partition coefficient (Wildman–Crippen LogP) is 2.78. The van der Waals surface area contributed by atoms with Crippen molar-refractivity contribution in [3.05, 3.63) is 34.6 Å². The fourth-order valence-corrected chi connectivity index (χ4v) is 1.37. The van der Waals surface area contributed by atoms with Gasteiger partial charge in [-0.2, -0.15) is 13.2 Å². The molecule has 6 heteroatoms. The van der Waals surface area contributed by atoms with Crippen LogP contribution in [0.5, 0.6) is 0 Å². The van der Waals surface area contributed by atoms with E-state index in [1.54, 1.807) is 0 Å². The van der Waals surface area contributed by atoms with Gasteiger partial charge in [0.05, 0.1) is 12.0 Å². The third-order valence-electron chi connectivity index (χ3n) is 2.17. The third kappa shape index (κ3) is 2.50. The molecule has 0 fully saturated rings. The Hall–Kier alpha value is -1.59. The molecule has 0 bridgehead atoms. The summed E-state index contributed by atoms with van der Waals surface area (Å²) in [6.45, 7) is 1.13. The van der Waals surface area contributed by atoms with E-state index in [-0.39, 0.29) is 5.56 Å². The Labute approximate surface area is 88.5 Å². The van der Waals surface area contributed by atoms with Gasteiger partial charge >= 0.3 is 12.1 Å². The second-order valence-corrected chi connectivity index (χ2v) is 3.27. The Morgan fingerprint density at radius 1 is 1.38 bits per heavy atom. The van der Waals surface area contributed by atoms with E-state index in [2.05, 4.69) is 0 Å². The van der Waals surface area contributed by atoms with Crippen LogP contribution in [0.15, 0.2) is 12.1 Å². The summed E-state index contributed by atoms with van der Waals surface area (Å²) in [4.78, 5) is 10.4. The molecular weight excluding hydrogens is 228 g/mol. The molecule has 0 atom stereocenters. The first-order chi connectivity index (χ1) is 7.23. The van der Waals surface area contributed by atoms with Crippen molar-refractivity contribution >= 4 is 5.97 Å². The fourth-order valence-electron chi connectivity index (χ4n) is 1.37. The molecule has 0 saturated heterocycles. The molecule has 0 heterocycles. The van der Waals surface area contributed by atoms with Crippen LogP contribution in [0.25, 0.3) is 0 Å². The van der Waals surface area contributed by atoms with E-state index in [1.807, 2.05) is 0 Å². The molecule has 0 saturated carbocycles. The van der Waals surface area contributed by atoms with Crippen molar-refractivity contribution in [3.63, 3.8) is 0 Å². The zero-order valence-electron chi connectivity index (χ0n) is 8.23. The van der Waals surface area contributed by atoms with Gasteiger partial charge in [0.2, 0.25) is 0 Å². The molecule has 0 aliphatic rings. The SMILES string of the molecule is Cc1c(F)ccc(C(F)(F)F)c1CC(=O)O. The van der Waals surface area contributed by atoms with Gasteiger partial charge < -0.3 is 5.11 Å². The number of carboxylic acid groups (broad SMARTS) is 1. The normalized spacial score (nSPS) is 11.6. The average molecular weight is 236 g/mol. The van der Waals surface area contributed by atoms with Crippen LogP contribution in [0.3, 0.4) is 0 Å². The van der Waals surface area contributed by atoms with Crippen molar-refractivity contribution in [3.8, 4) is 0 Å². The molecule has 1 aromatic rings. The number of rotatable bonds is 2. The minimum absolute atomic E-state index is 0.280. The van der Waals surface area contributed by atoms with E-state index in [0.29, 0.717) is 12.1 Å². The summed E-state index contributed by atoms with van der Waals surface area (Å²) in [5.74, 6) is -2.27. The molecule has 0 radical (unpaired) electrons. The van der Waals surface area contributed by atoms with Crippen LogP contribution in [0, 0.1) is 12.7 Å². The van der Waals surface area contributed by atoms with Crippen LogP contribution in [-0.2, 0) is 17.4 Å². The van der Waals surface area contributed by atoms with Crippen molar-refractivity contribution in [2.75, 3.05) is 0 Å². The first kappa shape index (κ1) is 12.5.